The van der Waals surface area contributed by atoms with Crippen molar-refractivity contribution < 1.29 is 0 Å². The van der Waals surface area contributed by atoms with Crippen LogP contribution in [0.2, 0.25) is 0 Å². The third-order valence-corrected chi connectivity index (χ3v) is 4.13. The maximum atomic E-state index is 5.76. The summed E-state index contributed by atoms with van der Waals surface area (Å²) in [5.41, 5.74) is 8.16. The Morgan fingerprint density at radius 2 is 2.12 bits per heavy atom. The van der Waals surface area contributed by atoms with Crippen LogP contribution in [-0.4, -0.2) is 4.98 Å². The molecule has 0 radical (unpaired) electrons. The summed E-state index contributed by atoms with van der Waals surface area (Å²) in [7, 11) is 0. The molecule has 0 unspecified atom stereocenters. The van der Waals surface area contributed by atoms with Gasteiger partial charge in [0.25, 0.3) is 0 Å². The minimum absolute atomic E-state index is 0.556. The van der Waals surface area contributed by atoms with E-state index in [0.29, 0.717) is 6.54 Å². The molecule has 0 amide bonds. The Bertz CT molecular complexity index is 511. The Kier molecular flexibility index (Phi) is 4.20. The van der Waals surface area contributed by atoms with Crippen molar-refractivity contribution in [1.29, 1.82) is 0 Å². The van der Waals surface area contributed by atoms with Crippen molar-refractivity contribution >= 4 is 27.7 Å². The van der Waals surface area contributed by atoms with Gasteiger partial charge in [0.2, 0.25) is 0 Å². The predicted octanol–water partition coefficient (Wildman–Crippen LogP) is 3.76. The van der Waals surface area contributed by atoms with Crippen LogP contribution < -0.4 is 5.73 Å². The summed E-state index contributed by atoms with van der Waals surface area (Å²) < 4.78 is 0.991. The fourth-order valence-corrected chi connectivity index (χ4v) is 2.74. The minimum atomic E-state index is 0.556. The van der Waals surface area contributed by atoms with Crippen LogP contribution in [0.3, 0.4) is 0 Å². The van der Waals surface area contributed by atoms with Crippen LogP contribution in [0.15, 0.2) is 50.9 Å². The highest BCUT2D eigenvalue weighted by atomic mass is 79.9. The first-order valence-electron chi connectivity index (χ1n) is 5.28. The average Bonchev–Trinajstić information content (AvgIpc) is 2.34. The van der Waals surface area contributed by atoms with Crippen LogP contribution in [0.25, 0.3) is 0 Å². The number of hydrogen-bond donors (Lipinski definition) is 1. The van der Waals surface area contributed by atoms with E-state index in [9.17, 15) is 0 Å². The summed E-state index contributed by atoms with van der Waals surface area (Å²) in [5.74, 6) is 0. The van der Waals surface area contributed by atoms with Gasteiger partial charge in [-0.3, -0.25) is 0 Å². The van der Waals surface area contributed by atoms with Crippen LogP contribution in [0.1, 0.15) is 11.1 Å². The summed E-state index contributed by atoms with van der Waals surface area (Å²) in [5, 5.41) is 0.984. The molecule has 4 heteroatoms. The van der Waals surface area contributed by atoms with Crippen molar-refractivity contribution in [2.45, 2.75) is 23.4 Å². The Morgan fingerprint density at radius 3 is 2.76 bits per heavy atom. The number of hydrogen-bond acceptors (Lipinski definition) is 3. The summed E-state index contributed by atoms with van der Waals surface area (Å²) in [6.45, 7) is 2.65. The van der Waals surface area contributed by atoms with Crippen LogP contribution >= 0.6 is 27.7 Å². The quantitative estimate of drug-likeness (QED) is 0.938. The van der Waals surface area contributed by atoms with E-state index in [1.807, 2.05) is 24.4 Å². The monoisotopic (exact) mass is 308 g/mol. The lowest BCUT2D eigenvalue weighted by Gasteiger charge is -2.10. The predicted molar refractivity (Wildman–Crippen MR) is 75.1 cm³/mol. The molecule has 2 aromatic rings. The van der Waals surface area contributed by atoms with Crippen molar-refractivity contribution in [3.63, 3.8) is 0 Å². The number of pyridine rings is 1. The van der Waals surface area contributed by atoms with Crippen molar-refractivity contribution in [3.8, 4) is 0 Å². The topological polar surface area (TPSA) is 38.9 Å². The van der Waals surface area contributed by atoms with Crippen LogP contribution in [0.5, 0.6) is 0 Å². The Hall–Kier alpha value is -0.840. The van der Waals surface area contributed by atoms with E-state index in [4.69, 9.17) is 5.73 Å². The molecular formula is C13H13BrN2S. The van der Waals surface area contributed by atoms with Crippen molar-refractivity contribution in [3.05, 3.63) is 52.1 Å². The number of nitrogens with two attached hydrogens (primary N) is 1. The number of rotatable bonds is 3. The highest BCUT2D eigenvalue weighted by Gasteiger charge is 2.07. The first kappa shape index (κ1) is 12.6. The van der Waals surface area contributed by atoms with Gasteiger partial charge in [0.1, 0.15) is 5.03 Å². The number of halogens is 1. The maximum Gasteiger partial charge on any atom is 0.101 e. The largest absolute Gasteiger partial charge is 0.326 e. The second-order valence-electron chi connectivity index (χ2n) is 3.68. The van der Waals surface area contributed by atoms with Gasteiger partial charge in [-0.05, 0) is 46.1 Å². The van der Waals surface area contributed by atoms with Crippen LogP contribution in [0.4, 0.5) is 0 Å². The fraction of sp³-hybridized carbons (Fsp3) is 0.154. The van der Waals surface area contributed by atoms with Gasteiger partial charge in [-0.2, -0.15) is 0 Å². The third-order valence-electron chi connectivity index (χ3n) is 2.42. The van der Waals surface area contributed by atoms with Crippen molar-refractivity contribution in [1.82, 2.24) is 4.98 Å². The summed E-state index contributed by atoms with van der Waals surface area (Å²) in [6, 6.07) is 10.2. The van der Waals surface area contributed by atoms with E-state index in [2.05, 4.69) is 40.0 Å². The summed E-state index contributed by atoms with van der Waals surface area (Å²) in [4.78, 5) is 5.58. The molecule has 0 aliphatic rings. The molecule has 0 fully saturated rings. The van der Waals surface area contributed by atoms with E-state index < -0.39 is 0 Å². The zero-order valence-corrected chi connectivity index (χ0v) is 11.9. The maximum absolute atomic E-state index is 5.76. The Morgan fingerprint density at radius 1 is 1.29 bits per heavy atom. The molecule has 0 aliphatic carbocycles. The first-order chi connectivity index (χ1) is 8.20. The smallest absolute Gasteiger partial charge is 0.101 e. The molecule has 88 valence electrons. The van der Waals surface area contributed by atoms with Gasteiger partial charge in [-0.25, -0.2) is 4.98 Å². The van der Waals surface area contributed by atoms with Crippen molar-refractivity contribution in [2.75, 3.05) is 0 Å². The normalized spacial score (nSPS) is 10.5. The number of benzene rings is 1. The zero-order chi connectivity index (χ0) is 12.3. The molecule has 0 saturated heterocycles. The number of aromatic nitrogens is 1. The molecule has 0 aliphatic heterocycles. The lowest BCUT2D eigenvalue weighted by atomic mass is 10.1. The van der Waals surface area contributed by atoms with Crippen LogP contribution in [0, 0.1) is 6.92 Å². The molecule has 17 heavy (non-hydrogen) atoms. The van der Waals surface area contributed by atoms with E-state index in [0.717, 1.165) is 9.50 Å². The summed E-state index contributed by atoms with van der Waals surface area (Å²) in [6.07, 6.45) is 1.81. The van der Waals surface area contributed by atoms with Gasteiger partial charge in [-0.1, -0.05) is 30.0 Å². The lowest BCUT2D eigenvalue weighted by molar-refractivity contribution is 1.01. The third kappa shape index (κ3) is 3.09. The molecule has 1 heterocycles. The zero-order valence-electron chi connectivity index (χ0n) is 9.48. The first-order valence-corrected chi connectivity index (χ1v) is 6.89. The molecule has 2 nitrogen and oxygen atoms in total. The van der Waals surface area contributed by atoms with Crippen LogP contribution in [-0.2, 0) is 6.54 Å². The molecule has 1 aromatic carbocycles. The molecule has 1 aromatic heterocycles. The minimum Gasteiger partial charge on any atom is -0.326 e. The van der Waals surface area contributed by atoms with Gasteiger partial charge in [0.05, 0.1) is 0 Å². The van der Waals surface area contributed by atoms with Gasteiger partial charge in [0, 0.05) is 22.1 Å². The van der Waals surface area contributed by atoms with Gasteiger partial charge >= 0.3 is 0 Å². The standard InChI is InChI=1S/C13H13BrN2S/c1-9-3-2-4-10(7-15)13(9)17-12-6-5-11(14)8-16-12/h2-6,8H,7,15H2,1H3. The van der Waals surface area contributed by atoms with Gasteiger partial charge in [0.15, 0.2) is 0 Å². The second kappa shape index (κ2) is 5.67. The number of aryl methyl sites for hydroxylation is 1. The second-order valence-corrected chi connectivity index (χ2v) is 5.63. The lowest BCUT2D eigenvalue weighted by Crippen LogP contribution is -1.99. The van der Waals surface area contributed by atoms with E-state index in [-0.39, 0.29) is 0 Å². The van der Waals surface area contributed by atoms with E-state index >= 15 is 0 Å². The molecule has 2 N–H and O–H groups in total. The molecular weight excluding hydrogens is 296 g/mol. The Labute approximate surface area is 114 Å². The highest BCUT2D eigenvalue weighted by molar-refractivity contribution is 9.10. The number of nitrogens with zero attached hydrogens (tertiary/aromatic N) is 1. The molecule has 0 saturated carbocycles. The SMILES string of the molecule is Cc1cccc(CN)c1Sc1ccc(Br)cn1. The van der Waals surface area contributed by atoms with Gasteiger partial charge < -0.3 is 5.73 Å². The fourth-order valence-electron chi connectivity index (χ4n) is 1.55. The van der Waals surface area contributed by atoms with Crippen molar-refractivity contribution in [2.24, 2.45) is 5.73 Å². The molecule has 0 atom stereocenters. The Balaban J connectivity index is 2.32. The molecule has 2 rings (SSSR count). The summed E-state index contributed by atoms with van der Waals surface area (Å²) >= 11 is 5.04. The highest BCUT2D eigenvalue weighted by Crippen LogP contribution is 2.32. The van der Waals surface area contributed by atoms with E-state index in [1.54, 1.807) is 11.8 Å². The van der Waals surface area contributed by atoms with Gasteiger partial charge in [-0.15, -0.1) is 0 Å². The molecule has 0 spiro atoms. The molecule has 0 bridgehead atoms. The van der Waals surface area contributed by atoms with E-state index in [1.165, 1.54) is 16.0 Å². The average molecular weight is 309 g/mol.